The molecule has 0 radical (unpaired) electrons. The van der Waals surface area contributed by atoms with E-state index in [1.165, 1.54) is 18.2 Å². The Bertz CT molecular complexity index is 868. The molecule has 5 heteroatoms. The van der Waals surface area contributed by atoms with Crippen LogP contribution < -0.4 is 0 Å². The molecule has 0 saturated carbocycles. The molecule has 122 valence electrons. The number of carbonyl (C=O) groups excluding carboxylic acids is 1. The van der Waals surface area contributed by atoms with Crippen LogP contribution >= 0.6 is 11.6 Å². The molecule has 0 atom stereocenters. The fraction of sp³-hybridized carbons (Fsp3) is 0.105. The molecule has 3 aromatic rings. The fourth-order valence-electron chi connectivity index (χ4n) is 2.53. The van der Waals surface area contributed by atoms with Crippen molar-refractivity contribution in [1.29, 1.82) is 0 Å². The normalized spacial score (nSPS) is 10.8. The number of rotatable bonds is 5. The Balaban J connectivity index is 1.73. The predicted octanol–water partition coefficient (Wildman–Crippen LogP) is 4.89. The second-order valence-corrected chi connectivity index (χ2v) is 5.98. The van der Waals surface area contributed by atoms with Crippen molar-refractivity contribution in [1.82, 2.24) is 4.57 Å². The average molecular weight is 346 g/mol. The topological polar surface area (TPSA) is 22.0 Å². The summed E-state index contributed by atoms with van der Waals surface area (Å²) in [7, 11) is 0. The maximum atomic E-state index is 13.7. The number of Topliss-reactive ketones (excluding diaryl/α,β-unsaturated/α-hetero) is 1. The first-order chi connectivity index (χ1) is 11.5. The van der Waals surface area contributed by atoms with Crippen molar-refractivity contribution in [3.05, 3.63) is 94.3 Å². The van der Waals surface area contributed by atoms with E-state index in [9.17, 15) is 13.6 Å². The Morgan fingerprint density at radius 1 is 1.08 bits per heavy atom. The third-order valence-corrected chi connectivity index (χ3v) is 3.89. The van der Waals surface area contributed by atoms with E-state index in [-0.39, 0.29) is 23.0 Å². The highest BCUT2D eigenvalue weighted by atomic mass is 35.5. The fourth-order valence-corrected chi connectivity index (χ4v) is 2.77. The van der Waals surface area contributed by atoms with Gasteiger partial charge in [-0.05, 0) is 35.9 Å². The third kappa shape index (κ3) is 3.89. The number of benzene rings is 2. The zero-order valence-electron chi connectivity index (χ0n) is 12.7. The standard InChI is InChI=1S/C19H14ClF2NO/c20-16-7-13(8-17(21)10-16)9-19(24)15-5-6-23(12-15)11-14-3-1-2-4-18(14)22/h1-8,10,12H,9,11H2. The molecule has 0 bridgehead atoms. The molecule has 2 nitrogen and oxygen atoms in total. The summed E-state index contributed by atoms with van der Waals surface area (Å²) in [4.78, 5) is 12.3. The Kier molecular flexibility index (Phi) is 4.76. The van der Waals surface area contributed by atoms with Gasteiger partial charge in [-0.15, -0.1) is 0 Å². The first-order valence-electron chi connectivity index (χ1n) is 7.38. The van der Waals surface area contributed by atoms with Gasteiger partial charge in [0.25, 0.3) is 0 Å². The SMILES string of the molecule is O=C(Cc1cc(F)cc(Cl)c1)c1ccn(Cc2ccccc2F)c1. The Labute approximate surface area is 143 Å². The number of aromatic nitrogens is 1. The Morgan fingerprint density at radius 3 is 2.62 bits per heavy atom. The summed E-state index contributed by atoms with van der Waals surface area (Å²) in [5, 5.41) is 0.259. The minimum Gasteiger partial charge on any atom is -0.349 e. The van der Waals surface area contributed by atoms with Gasteiger partial charge in [0.15, 0.2) is 5.78 Å². The van der Waals surface area contributed by atoms with Gasteiger partial charge < -0.3 is 4.57 Å². The first kappa shape index (κ1) is 16.4. The molecule has 0 aliphatic carbocycles. The lowest BCUT2D eigenvalue weighted by Gasteiger charge is -2.04. The number of hydrogen-bond donors (Lipinski definition) is 0. The van der Waals surface area contributed by atoms with Crippen LogP contribution in [0.15, 0.2) is 60.9 Å². The Hall–Kier alpha value is -2.46. The lowest BCUT2D eigenvalue weighted by Crippen LogP contribution is -2.04. The molecule has 2 aromatic carbocycles. The van der Waals surface area contributed by atoms with Crippen LogP contribution in [0.3, 0.4) is 0 Å². The molecule has 0 aliphatic heterocycles. The molecule has 3 rings (SSSR count). The van der Waals surface area contributed by atoms with E-state index in [2.05, 4.69) is 0 Å². The molecule has 0 amide bonds. The monoisotopic (exact) mass is 345 g/mol. The number of carbonyl (C=O) groups is 1. The van der Waals surface area contributed by atoms with Gasteiger partial charge in [0.1, 0.15) is 11.6 Å². The van der Waals surface area contributed by atoms with Crippen molar-refractivity contribution in [2.24, 2.45) is 0 Å². The highest BCUT2D eigenvalue weighted by Crippen LogP contribution is 2.17. The third-order valence-electron chi connectivity index (χ3n) is 3.67. The molecule has 0 unspecified atom stereocenters. The van der Waals surface area contributed by atoms with Crippen molar-refractivity contribution in [3.63, 3.8) is 0 Å². The molecule has 0 aliphatic rings. The van der Waals surface area contributed by atoms with Gasteiger partial charge in [-0.25, -0.2) is 8.78 Å². The van der Waals surface area contributed by atoms with Crippen LogP contribution in [0.2, 0.25) is 5.02 Å². The summed E-state index contributed by atoms with van der Waals surface area (Å²) in [5.74, 6) is -0.903. The maximum absolute atomic E-state index is 13.7. The van der Waals surface area contributed by atoms with Crippen LogP contribution in [0.4, 0.5) is 8.78 Å². The van der Waals surface area contributed by atoms with Crippen LogP contribution in [0.25, 0.3) is 0 Å². The number of ketones is 1. The molecule has 1 heterocycles. The molecule has 0 spiro atoms. The van der Waals surface area contributed by atoms with Crippen molar-refractivity contribution < 1.29 is 13.6 Å². The van der Waals surface area contributed by atoms with Gasteiger partial charge in [-0.2, -0.15) is 0 Å². The largest absolute Gasteiger partial charge is 0.349 e. The molecule has 0 saturated heterocycles. The first-order valence-corrected chi connectivity index (χ1v) is 7.76. The number of nitrogens with zero attached hydrogens (tertiary/aromatic N) is 1. The van der Waals surface area contributed by atoms with E-state index >= 15 is 0 Å². The number of halogens is 3. The predicted molar refractivity (Wildman–Crippen MR) is 89.4 cm³/mol. The summed E-state index contributed by atoms with van der Waals surface area (Å²) in [6.45, 7) is 0.339. The molecule has 24 heavy (non-hydrogen) atoms. The van der Waals surface area contributed by atoms with Gasteiger partial charge in [-0.3, -0.25) is 4.79 Å². The smallest absolute Gasteiger partial charge is 0.168 e. The molecular weight excluding hydrogens is 332 g/mol. The van der Waals surface area contributed by atoms with E-state index in [0.29, 0.717) is 23.2 Å². The quantitative estimate of drug-likeness (QED) is 0.603. The lowest BCUT2D eigenvalue weighted by atomic mass is 10.1. The van der Waals surface area contributed by atoms with Crippen molar-refractivity contribution in [3.8, 4) is 0 Å². The highest BCUT2D eigenvalue weighted by Gasteiger charge is 2.11. The van der Waals surface area contributed by atoms with Gasteiger partial charge >= 0.3 is 0 Å². The van der Waals surface area contributed by atoms with Crippen molar-refractivity contribution in [2.45, 2.75) is 13.0 Å². The van der Waals surface area contributed by atoms with Gasteiger partial charge in [0.05, 0.1) is 0 Å². The summed E-state index contributed by atoms with van der Waals surface area (Å²) >= 11 is 5.80. The molecule has 0 fully saturated rings. The molecule has 1 aromatic heterocycles. The second-order valence-electron chi connectivity index (χ2n) is 5.54. The van der Waals surface area contributed by atoms with Crippen LogP contribution in [0.1, 0.15) is 21.5 Å². The summed E-state index contributed by atoms with van der Waals surface area (Å²) in [5.41, 5.74) is 1.56. The van der Waals surface area contributed by atoms with E-state index in [4.69, 9.17) is 11.6 Å². The summed E-state index contributed by atoms with van der Waals surface area (Å²) in [6, 6.07) is 12.2. The summed E-state index contributed by atoms with van der Waals surface area (Å²) in [6.07, 6.45) is 3.44. The minimum absolute atomic E-state index is 0.0567. The highest BCUT2D eigenvalue weighted by molar-refractivity contribution is 6.30. The zero-order valence-corrected chi connectivity index (χ0v) is 13.4. The average Bonchev–Trinajstić information content (AvgIpc) is 2.97. The van der Waals surface area contributed by atoms with Gasteiger partial charge in [-0.1, -0.05) is 29.8 Å². The second kappa shape index (κ2) is 6.97. The Morgan fingerprint density at radius 2 is 1.88 bits per heavy atom. The van der Waals surface area contributed by atoms with Crippen LogP contribution in [-0.4, -0.2) is 10.4 Å². The van der Waals surface area contributed by atoms with E-state index in [1.807, 2.05) is 0 Å². The van der Waals surface area contributed by atoms with E-state index in [0.717, 1.165) is 0 Å². The van der Waals surface area contributed by atoms with Crippen LogP contribution in [-0.2, 0) is 13.0 Å². The minimum atomic E-state index is -0.470. The van der Waals surface area contributed by atoms with Crippen LogP contribution in [0, 0.1) is 11.6 Å². The van der Waals surface area contributed by atoms with Crippen molar-refractivity contribution >= 4 is 17.4 Å². The van der Waals surface area contributed by atoms with Gasteiger partial charge in [0.2, 0.25) is 0 Å². The van der Waals surface area contributed by atoms with Crippen LogP contribution in [0.5, 0.6) is 0 Å². The summed E-state index contributed by atoms with van der Waals surface area (Å²) < 4.78 is 28.7. The molecular formula is C19H14ClF2NO. The van der Waals surface area contributed by atoms with E-state index < -0.39 is 5.82 Å². The van der Waals surface area contributed by atoms with Gasteiger partial charge in [0, 0.05) is 41.5 Å². The number of hydrogen-bond acceptors (Lipinski definition) is 1. The maximum Gasteiger partial charge on any atom is 0.168 e. The lowest BCUT2D eigenvalue weighted by molar-refractivity contribution is 0.0993. The zero-order chi connectivity index (χ0) is 17.1. The van der Waals surface area contributed by atoms with Crippen molar-refractivity contribution in [2.75, 3.05) is 0 Å². The van der Waals surface area contributed by atoms with E-state index in [1.54, 1.807) is 47.3 Å². The molecule has 0 N–H and O–H groups in total.